The maximum Gasteiger partial charge on any atom is 0.252 e. The Bertz CT molecular complexity index is 344. The minimum atomic E-state index is -0.120. The highest BCUT2D eigenvalue weighted by Crippen LogP contribution is 2.21. The Morgan fingerprint density at radius 1 is 1.43 bits per heavy atom. The summed E-state index contributed by atoms with van der Waals surface area (Å²) in [7, 11) is 0. The van der Waals surface area contributed by atoms with E-state index in [0.717, 1.165) is 8.95 Å². The Hall–Kier alpha value is -0.0600. The van der Waals surface area contributed by atoms with E-state index in [-0.39, 0.29) is 5.91 Å². The molecule has 1 aromatic rings. The summed E-state index contributed by atoms with van der Waals surface area (Å²) in [6.45, 7) is 0.475. The smallest absolute Gasteiger partial charge is 0.252 e. The van der Waals surface area contributed by atoms with Crippen LogP contribution in [0.2, 0.25) is 0 Å². The molecule has 1 rings (SSSR count). The number of rotatable bonds is 3. The number of nitrogens with one attached hydrogen (secondary N) is 1. The summed E-state index contributed by atoms with van der Waals surface area (Å²) >= 11 is 12.1. The largest absolute Gasteiger partial charge is 0.351 e. The summed E-state index contributed by atoms with van der Waals surface area (Å²) in [6.07, 6.45) is 0. The molecule has 0 radical (unpaired) electrons. The quantitative estimate of drug-likeness (QED) is 0.841. The van der Waals surface area contributed by atoms with Gasteiger partial charge in [-0.15, -0.1) is 11.6 Å². The molecule has 76 valence electrons. The molecule has 1 aromatic carbocycles. The molecule has 0 saturated carbocycles. The zero-order valence-corrected chi connectivity index (χ0v) is 11.1. The summed E-state index contributed by atoms with van der Waals surface area (Å²) in [5.74, 6) is 0.296. The van der Waals surface area contributed by atoms with Gasteiger partial charge in [-0.05, 0) is 34.1 Å². The van der Waals surface area contributed by atoms with Crippen LogP contribution >= 0.6 is 43.5 Å². The van der Waals surface area contributed by atoms with Crippen molar-refractivity contribution in [3.05, 3.63) is 32.7 Å². The van der Waals surface area contributed by atoms with E-state index >= 15 is 0 Å². The van der Waals surface area contributed by atoms with E-state index in [9.17, 15) is 4.79 Å². The van der Waals surface area contributed by atoms with Crippen LogP contribution in [0.5, 0.6) is 0 Å². The third-order valence-corrected chi connectivity index (χ3v) is 2.89. The van der Waals surface area contributed by atoms with Crippen LogP contribution < -0.4 is 5.32 Å². The maximum atomic E-state index is 11.5. The van der Waals surface area contributed by atoms with Gasteiger partial charge < -0.3 is 5.32 Å². The topological polar surface area (TPSA) is 29.1 Å². The number of hydrogen-bond acceptors (Lipinski definition) is 1. The zero-order valence-electron chi connectivity index (χ0n) is 7.19. The fourth-order valence-electron chi connectivity index (χ4n) is 0.930. The number of benzene rings is 1. The van der Waals surface area contributed by atoms with Crippen molar-refractivity contribution in [1.82, 2.24) is 5.32 Å². The molecule has 2 nitrogen and oxygen atoms in total. The molecular formula is C9H8Br2ClNO. The number of hydrogen-bond donors (Lipinski definition) is 1. The second-order valence-electron chi connectivity index (χ2n) is 2.57. The Balaban J connectivity index is 2.80. The monoisotopic (exact) mass is 339 g/mol. The lowest BCUT2D eigenvalue weighted by Crippen LogP contribution is -2.25. The second kappa shape index (κ2) is 5.73. The Kier molecular flexibility index (Phi) is 4.92. The van der Waals surface area contributed by atoms with Gasteiger partial charge in [0.15, 0.2) is 0 Å². The lowest BCUT2D eigenvalue weighted by atomic mass is 10.2. The van der Waals surface area contributed by atoms with E-state index in [0.29, 0.717) is 18.0 Å². The first kappa shape index (κ1) is 12.0. The van der Waals surface area contributed by atoms with Gasteiger partial charge in [-0.2, -0.15) is 0 Å². The first-order chi connectivity index (χ1) is 6.65. The van der Waals surface area contributed by atoms with Crippen molar-refractivity contribution in [2.75, 3.05) is 12.4 Å². The molecule has 0 bridgehead atoms. The average Bonchev–Trinajstić information content (AvgIpc) is 2.14. The molecule has 0 spiro atoms. The predicted octanol–water partition coefficient (Wildman–Crippen LogP) is 3.18. The number of carbonyl (C=O) groups is 1. The van der Waals surface area contributed by atoms with Crippen LogP contribution in [-0.4, -0.2) is 18.3 Å². The SMILES string of the molecule is O=C(NCCCl)c1ccc(Br)cc1Br. The van der Waals surface area contributed by atoms with Crippen molar-refractivity contribution in [1.29, 1.82) is 0 Å². The van der Waals surface area contributed by atoms with Gasteiger partial charge in [-0.25, -0.2) is 0 Å². The normalized spacial score (nSPS) is 9.93. The Labute approximate surface area is 104 Å². The van der Waals surface area contributed by atoms with Crippen LogP contribution in [-0.2, 0) is 0 Å². The van der Waals surface area contributed by atoms with E-state index in [1.165, 1.54) is 0 Å². The maximum absolute atomic E-state index is 11.5. The number of carbonyl (C=O) groups excluding carboxylic acids is 1. The van der Waals surface area contributed by atoms with E-state index < -0.39 is 0 Å². The highest BCUT2D eigenvalue weighted by molar-refractivity contribution is 9.11. The highest BCUT2D eigenvalue weighted by Gasteiger charge is 2.08. The van der Waals surface area contributed by atoms with Gasteiger partial charge >= 0.3 is 0 Å². The fraction of sp³-hybridized carbons (Fsp3) is 0.222. The van der Waals surface area contributed by atoms with Crippen molar-refractivity contribution in [3.8, 4) is 0 Å². The van der Waals surface area contributed by atoms with Crippen molar-refractivity contribution >= 4 is 49.4 Å². The highest BCUT2D eigenvalue weighted by atomic mass is 79.9. The van der Waals surface area contributed by atoms with E-state index in [1.807, 2.05) is 12.1 Å². The van der Waals surface area contributed by atoms with E-state index in [1.54, 1.807) is 6.07 Å². The molecule has 0 heterocycles. The van der Waals surface area contributed by atoms with Gasteiger partial charge in [-0.3, -0.25) is 4.79 Å². The lowest BCUT2D eigenvalue weighted by Gasteiger charge is -2.05. The third kappa shape index (κ3) is 3.26. The molecule has 0 aliphatic carbocycles. The van der Waals surface area contributed by atoms with Crippen molar-refractivity contribution in [3.63, 3.8) is 0 Å². The second-order valence-corrected chi connectivity index (χ2v) is 4.72. The molecule has 1 amide bonds. The van der Waals surface area contributed by atoms with Crippen LogP contribution in [0.4, 0.5) is 0 Å². The first-order valence-electron chi connectivity index (χ1n) is 3.94. The van der Waals surface area contributed by atoms with Crippen molar-refractivity contribution < 1.29 is 4.79 Å². The minimum absolute atomic E-state index is 0.120. The summed E-state index contributed by atoms with van der Waals surface area (Å²) in [4.78, 5) is 11.5. The van der Waals surface area contributed by atoms with Crippen molar-refractivity contribution in [2.24, 2.45) is 0 Å². The first-order valence-corrected chi connectivity index (χ1v) is 6.06. The van der Waals surface area contributed by atoms with Gasteiger partial charge in [0, 0.05) is 21.4 Å². The molecule has 0 aliphatic rings. The van der Waals surface area contributed by atoms with Gasteiger partial charge in [-0.1, -0.05) is 15.9 Å². The van der Waals surface area contributed by atoms with Gasteiger partial charge in [0.05, 0.1) is 5.56 Å². The zero-order chi connectivity index (χ0) is 10.6. The van der Waals surface area contributed by atoms with Gasteiger partial charge in [0.1, 0.15) is 0 Å². The van der Waals surface area contributed by atoms with Crippen LogP contribution in [0.3, 0.4) is 0 Å². The molecule has 0 saturated heterocycles. The summed E-state index contributed by atoms with van der Waals surface area (Å²) in [6, 6.07) is 5.40. The molecule has 0 aliphatic heterocycles. The number of amides is 1. The third-order valence-electron chi connectivity index (χ3n) is 1.56. The number of halogens is 3. The van der Waals surface area contributed by atoms with Crippen LogP contribution in [0.25, 0.3) is 0 Å². The van der Waals surface area contributed by atoms with Crippen LogP contribution in [0.1, 0.15) is 10.4 Å². The van der Waals surface area contributed by atoms with Gasteiger partial charge in [0.25, 0.3) is 5.91 Å². The summed E-state index contributed by atoms with van der Waals surface area (Å²) in [5.41, 5.74) is 0.610. The molecule has 0 unspecified atom stereocenters. The van der Waals surface area contributed by atoms with E-state index in [2.05, 4.69) is 37.2 Å². The fourth-order valence-corrected chi connectivity index (χ4v) is 2.25. The Morgan fingerprint density at radius 2 is 2.14 bits per heavy atom. The Morgan fingerprint density at radius 3 is 2.71 bits per heavy atom. The van der Waals surface area contributed by atoms with Crippen LogP contribution in [0, 0.1) is 0 Å². The van der Waals surface area contributed by atoms with Gasteiger partial charge in [0.2, 0.25) is 0 Å². The average molecular weight is 341 g/mol. The minimum Gasteiger partial charge on any atom is -0.351 e. The number of alkyl halides is 1. The van der Waals surface area contributed by atoms with Crippen LogP contribution in [0.15, 0.2) is 27.1 Å². The van der Waals surface area contributed by atoms with E-state index in [4.69, 9.17) is 11.6 Å². The molecule has 14 heavy (non-hydrogen) atoms. The summed E-state index contributed by atoms with van der Waals surface area (Å²) < 4.78 is 1.69. The molecule has 1 N–H and O–H groups in total. The molecule has 0 atom stereocenters. The predicted molar refractivity (Wildman–Crippen MR) is 64.9 cm³/mol. The molecular weight excluding hydrogens is 333 g/mol. The molecule has 0 fully saturated rings. The molecule has 5 heteroatoms. The lowest BCUT2D eigenvalue weighted by molar-refractivity contribution is 0.0955. The summed E-state index contributed by atoms with van der Waals surface area (Å²) in [5, 5.41) is 2.69. The van der Waals surface area contributed by atoms with Crippen molar-refractivity contribution in [2.45, 2.75) is 0 Å². The molecule has 0 aromatic heterocycles. The standard InChI is InChI=1S/C9H8Br2ClNO/c10-6-1-2-7(8(11)5-6)9(14)13-4-3-12/h1-2,5H,3-4H2,(H,13,14).